The molecule has 0 bridgehead atoms. The lowest BCUT2D eigenvalue weighted by Gasteiger charge is -2.21. The smallest absolute Gasteiger partial charge is 0.0934 e. The van der Waals surface area contributed by atoms with Crippen LogP contribution in [0.3, 0.4) is 0 Å². The molecule has 1 atom stereocenters. The molecule has 42 heavy (non-hydrogen) atoms. The summed E-state index contributed by atoms with van der Waals surface area (Å²) < 4.78 is 12.2. The second-order valence-corrected chi connectivity index (χ2v) is 11.6. The van der Waals surface area contributed by atoms with Crippen molar-refractivity contribution < 1.29 is 9.47 Å². The van der Waals surface area contributed by atoms with E-state index in [-0.39, 0.29) is 6.10 Å². The van der Waals surface area contributed by atoms with Crippen molar-refractivity contribution in [2.24, 2.45) is 0 Å². The summed E-state index contributed by atoms with van der Waals surface area (Å²) in [6.45, 7) is 7.75. The van der Waals surface area contributed by atoms with Gasteiger partial charge < -0.3 is 14.4 Å². The monoisotopic (exact) mass is 584 g/mol. The minimum atomic E-state index is 0.163. The van der Waals surface area contributed by atoms with E-state index in [1.165, 1.54) is 77.0 Å². The van der Waals surface area contributed by atoms with Gasteiger partial charge in [-0.15, -0.1) is 0 Å². The second-order valence-electron chi connectivity index (χ2n) is 11.6. The Labute approximate surface area is 262 Å². The van der Waals surface area contributed by atoms with Gasteiger partial charge in [-0.05, 0) is 97.6 Å². The first kappa shape index (κ1) is 40.3. The second kappa shape index (κ2) is 35.5. The Kier molecular flexibility index (Phi) is 34.1. The average molecular weight is 584 g/mol. The van der Waals surface area contributed by atoms with Gasteiger partial charge in [0, 0.05) is 19.8 Å². The molecule has 0 saturated heterocycles. The van der Waals surface area contributed by atoms with Crippen LogP contribution in [0.15, 0.2) is 72.9 Å². The molecular weight excluding hydrogens is 514 g/mol. The minimum Gasteiger partial charge on any atom is -0.379 e. The summed E-state index contributed by atoms with van der Waals surface area (Å²) >= 11 is 0. The van der Waals surface area contributed by atoms with E-state index in [4.69, 9.17) is 9.47 Å². The quantitative estimate of drug-likeness (QED) is 0.0598. The van der Waals surface area contributed by atoms with Gasteiger partial charge in [-0.2, -0.15) is 0 Å². The van der Waals surface area contributed by atoms with Gasteiger partial charge in [0.05, 0.1) is 12.7 Å². The fourth-order valence-electron chi connectivity index (χ4n) is 4.44. The Morgan fingerprint density at radius 1 is 0.476 bits per heavy atom. The van der Waals surface area contributed by atoms with Crippen LogP contribution < -0.4 is 0 Å². The van der Waals surface area contributed by atoms with Gasteiger partial charge in [-0.3, -0.25) is 0 Å². The summed E-state index contributed by atoms with van der Waals surface area (Å²) in [5, 5.41) is 0. The van der Waals surface area contributed by atoms with Gasteiger partial charge in [0.1, 0.15) is 0 Å². The zero-order valence-electron chi connectivity index (χ0n) is 28.3. The van der Waals surface area contributed by atoms with E-state index in [0.717, 1.165) is 58.3 Å². The first-order valence-electron chi connectivity index (χ1n) is 17.4. The first-order chi connectivity index (χ1) is 20.7. The van der Waals surface area contributed by atoms with E-state index >= 15 is 0 Å². The van der Waals surface area contributed by atoms with E-state index in [0.29, 0.717) is 6.61 Å². The van der Waals surface area contributed by atoms with Gasteiger partial charge >= 0.3 is 0 Å². The number of hydrogen-bond donors (Lipinski definition) is 0. The molecule has 0 spiro atoms. The highest BCUT2D eigenvalue weighted by atomic mass is 16.5. The van der Waals surface area contributed by atoms with Crippen LogP contribution in [-0.4, -0.2) is 51.5 Å². The van der Waals surface area contributed by atoms with Gasteiger partial charge in [-0.1, -0.05) is 119 Å². The maximum atomic E-state index is 6.18. The molecule has 0 aromatic rings. The van der Waals surface area contributed by atoms with E-state index in [1.807, 2.05) is 0 Å². The van der Waals surface area contributed by atoms with Crippen LogP contribution in [0.5, 0.6) is 0 Å². The lowest BCUT2D eigenvalue weighted by atomic mass is 10.2. The van der Waals surface area contributed by atoms with Crippen LogP contribution in [0.2, 0.25) is 0 Å². The number of rotatable bonds is 31. The summed E-state index contributed by atoms with van der Waals surface area (Å²) in [5.41, 5.74) is 0. The number of unbranched alkanes of at least 4 members (excludes halogenated alkanes) is 10. The average Bonchev–Trinajstić information content (AvgIpc) is 2.98. The number of hydrogen-bond acceptors (Lipinski definition) is 3. The molecule has 0 aromatic heterocycles. The molecular formula is C39H69NO2. The topological polar surface area (TPSA) is 21.7 Å². The molecule has 0 heterocycles. The summed E-state index contributed by atoms with van der Waals surface area (Å²) in [6, 6.07) is 0. The Morgan fingerprint density at radius 2 is 0.929 bits per heavy atom. The highest BCUT2D eigenvalue weighted by Gasteiger charge is 2.10. The summed E-state index contributed by atoms with van der Waals surface area (Å²) in [7, 11) is 4.22. The molecule has 0 aliphatic carbocycles. The van der Waals surface area contributed by atoms with Crippen LogP contribution >= 0.6 is 0 Å². The summed E-state index contributed by atoms with van der Waals surface area (Å²) in [4.78, 5) is 2.20. The Morgan fingerprint density at radius 3 is 1.40 bits per heavy atom. The van der Waals surface area contributed by atoms with Crippen molar-refractivity contribution in [3.63, 3.8) is 0 Å². The molecule has 3 heteroatoms. The molecule has 0 fully saturated rings. The molecule has 0 aromatic carbocycles. The zero-order chi connectivity index (χ0) is 30.6. The maximum Gasteiger partial charge on any atom is 0.0934 e. The van der Waals surface area contributed by atoms with Crippen molar-refractivity contribution in [1.29, 1.82) is 0 Å². The third kappa shape index (κ3) is 34.5. The molecule has 0 saturated carbocycles. The summed E-state index contributed by atoms with van der Waals surface area (Å²) in [6.07, 6.45) is 49.0. The lowest BCUT2D eigenvalue weighted by molar-refractivity contribution is -0.0287. The van der Waals surface area contributed by atoms with Crippen LogP contribution in [0.25, 0.3) is 0 Å². The molecule has 0 N–H and O–H groups in total. The largest absolute Gasteiger partial charge is 0.379 e. The van der Waals surface area contributed by atoms with Crippen LogP contribution in [0, 0.1) is 0 Å². The molecule has 0 radical (unpaired) electrons. The van der Waals surface area contributed by atoms with E-state index in [1.54, 1.807) is 0 Å². The third-order valence-corrected chi connectivity index (χ3v) is 6.92. The van der Waals surface area contributed by atoms with Crippen LogP contribution in [0.4, 0.5) is 0 Å². The lowest BCUT2D eigenvalue weighted by Crippen LogP contribution is -2.32. The molecule has 242 valence electrons. The molecule has 0 rings (SSSR count). The number of ether oxygens (including phenoxy) is 2. The molecule has 0 aliphatic rings. The molecule has 1 unspecified atom stereocenters. The summed E-state index contributed by atoms with van der Waals surface area (Å²) in [5.74, 6) is 0. The highest BCUT2D eigenvalue weighted by Crippen LogP contribution is 2.07. The van der Waals surface area contributed by atoms with Crippen LogP contribution in [0.1, 0.15) is 129 Å². The fourth-order valence-corrected chi connectivity index (χ4v) is 4.44. The third-order valence-electron chi connectivity index (χ3n) is 6.92. The number of allylic oxidation sites excluding steroid dienone is 12. The van der Waals surface area contributed by atoms with Crippen molar-refractivity contribution in [2.75, 3.05) is 40.5 Å². The van der Waals surface area contributed by atoms with Gasteiger partial charge in [0.2, 0.25) is 0 Å². The van der Waals surface area contributed by atoms with Gasteiger partial charge in [0.15, 0.2) is 0 Å². The van der Waals surface area contributed by atoms with Crippen molar-refractivity contribution in [1.82, 2.24) is 4.90 Å². The van der Waals surface area contributed by atoms with Crippen molar-refractivity contribution in [2.45, 2.75) is 136 Å². The van der Waals surface area contributed by atoms with Gasteiger partial charge in [0.25, 0.3) is 0 Å². The SMILES string of the molecule is CCC/C=C\C/C=C\C/C=C\CCCCCOC(COCCCCC/C=C\C/C=C\C/C=C\CCCCC)CN(C)C. The van der Waals surface area contributed by atoms with Gasteiger partial charge in [-0.25, -0.2) is 0 Å². The van der Waals surface area contributed by atoms with Crippen molar-refractivity contribution in [3.8, 4) is 0 Å². The highest BCUT2D eigenvalue weighted by molar-refractivity contribution is 4.98. The molecule has 0 aliphatic heterocycles. The minimum absolute atomic E-state index is 0.163. The van der Waals surface area contributed by atoms with Crippen molar-refractivity contribution >= 4 is 0 Å². The first-order valence-corrected chi connectivity index (χ1v) is 17.4. The Hall–Kier alpha value is -1.68. The molecule has 0 amide bonds. The van der Waals surface area contributed by atoms with Crippen molar-refractivity contribution in [3.05, 3.63) is 72.9 Å². The Bertz CT molecular complexity index is 701. The van der Waals surface area contributed by atoms with E-state index < -0.39 is 0 Å². The number of nitrogens with zero attached hydrogens (tertiary/aromatic N) is 1. The van der Waals surface area contributed by atoms with Crippen LogP contribution in [-0.2, 0) is 9.47 Å². The normalized spacial score (nSPS) is 13.6. The fraction of sp³-hybridized carbons (Fsp3) is 0.692. The van der Waals surface area contributed by atoms with E-state index in [9.17, 15) is 0 Å². The van der Waals surface area contributed by atoms with E-state index in [2.05, 4.69) is 106 Å². The predicted octanol–water partition coefficient (Wildman–Crippen LogP) is 11.3. The standard InChI is InChI=1S/C39H69NO2/c1-5-7-9-11-13-15-17-19-21-22-23-25-27-29-31-33-35-41-38-39(37-40(3)4)42-36-34-32-30-28-26-24-20-18-16-14-12-10-8-6-2/h10,12-13,15-16,18-19,21,23-26,39H,5-9,11,14,17,20,22,27-38H2,1-4H3/b12-10-,15-13-,18-16-,21-19-,25-23-,26-24-. The predicted molar refractivity (Wildman–Crippen MR) is 188 cm³/mol. The number of likely N-dealkylation sites (N-methyl/N-ethyl adjacent to an activating group) is 1. The zero-order valence-corrected chi connectivity index (χ0v) is 28.3. The molecule has 3 nitrogen and oxygen atoms in total. The Balaban J connectivity index is 3.70. The maximum absolute atomic E-state index is 6.18.